The minimum Gasteiger partial charge on any atom is -0.258 e. The number of fused-ring (bicyclic) bond motifs is 1. The van der Waals surface area contributed by atoms with Gasteiger partial charge in [0.1, 0.15) is 5.82 Å². The van der Waals surface area contributed by atoms with Crippen molar-refractivity contribution in [2.45, 2.75) is 0 Å². The van der Waals surface area contributed by atoms with Crippen LogP contribution in [0.2, 0.25) is 0 Å². The Morgan fingerprint density at radius 3 is 2.84 bits per heavy atom. The maximum Gasteiger partial charge on any atom is 0.313 e. The summed E-state index contributed by atoms with van der Waals surface area (Å²) in [5.74, 6) is -0.167. The molecule has 1 aromatic carbocycles. The fourth-order valence-electron chi connectivity index (χ4n) is 1.78. The van der Waals surface area contributed by atoms with Gasteiger partial charge in [-0.25, -0.2) is 13.9 Å². The van der Waals surface area contributed by atoms with Crippen LogP contribution in [0.5, 0.6) is 0 Å². The number of nitro groups is 1. The van der Waals surface area contributed by atoms with Crippen LogP contribution in [0.25, 0.3) is 17.0 Å². The molecule has 3 rings (SSSR count). The molecule has 0 aliphatic heterocycles. The molecule has 19 heavy (non-hydrogen) atoms. The van der Waals surface area contributed by atoms with E-state index in [-0.39, 0.29) is 17.2 Å². The van der Waals surface area contributed by atoms with E-state index in [1.165, 1.54) is 34.8 Å². The second kappa shape index (κ2) is 4.13. The molecular formula is C12H7FN4O2. The normalized spacial score (nSPS) is 10.8. The highest BCUT2D eigenvalue weighted by atomic mass is 19.1. The van der Waals surface area contributed by atoms with Gasteiger partial charge >= 0.3 is 5.69 Å². The van der Waals surface area contributed by atoms with E-state index in [0.29, 0.717) is 5.56 Å². The molecule has 0 aliphatic rings. The van der Waals surface area contributed by atoms with E-state index >= 15 is 0 Å². The molecule has 0 bridgehead atoms. The first-order valence-corrected chi connectivity index (χ1v) is 5.41. The summed E-state index contributed by atoms with van der Waals surface area (Å²) >= 11 is 0. The van der Waals surface area contributed by atoms with E-state index in [0.717, 1.165) is 0 Å². The number of benzene rings is 1. The Balaban J connectivity index is 2.22. The van der Waals surface area contributed by atoms with Crippen molar-refractivity contribution in [2.75, 3.05) is 0 Å². The molecule has 0 amide bonds. The van der Waals surface area contributed by atoms with Crippen molar-refractivity contribution in [1.82, 2.24) is 14.6 Å². The second-order valence-corrected chi connectivity index (χ2v) is 3.86. The molecule has 0 fully saturated rings. The highest BCUT2D eigenvalue weighted by Gasteiger charge is 2.16. The van der Waals surface area contributed by atoms with Crippen molar-refractivity contribution in [3.05, 3.63) is 58.5 Å². The summed E-state index contributed by atoms with van der Waals surface area (Å²) in [6.45, 7) is 0. The van der Waals surface area contributed by atoms with E-state index in [9.17, 15) is 14.5 Å². The van der Waals surface area contributed by atoms with Crippen LogP contribution in [0, 0.1) is 15.9 Å². The molecule has 0 aliphatic carbocycles. The minimum atomic E-state index is -0.528. The standard InChI is InChI=1S/C12H7FN4O2/c13-9-4-1-3-8(7-9)11-14-12-10(17(18)19)5-2-6-16(12)15-11/h1-7H. The maximum absolute atomic E-state index is 13.1. The molecule has 0 atom stereocenters. The van der Waals surface area contributed by atoms with Gasteiger partial charge in [0.2, 0.25) is 5.65 Å². The van der Waals surface area contributed by atoms with Gasteiger partial charge in [-0.05, 0) is 18.2 Å². The quantitative estimate of drug-likeness (QED) is 0.522. The molecule has 7 heteroatoms. The van der Waals surface area contributed by atoms with Crippen LogP contribution in [-0.4, -0.2) is 19.5 Å². The Hall–Kier alpha value is -2.83. The monoisotopic (exact) mass is 258 g/mol. The van der Waals surface area contributed by atoms with Crippen LogP contribution in [-0.2, 0) is 0 Å². The van der Waals surface area contributed by atoms with Crippen molar-refractivity contribution in [2.24, 2.45) is 0 Å². The molecule has 6 nitrogen and oxygen atoms in total. The number of pyridine rings is 1. The fourth-order valence-corrected chi connectivity index (χ4v) is 1.78. The van der Waals surface area contributed by atoms with Crippen molar-refractivity contribution < 1.29 is 9.31 Å². The zero-order valence-electron chi connectivity index (χ0n) is 9.52. The van der Waals surface area contributed by atoms with Gasteiger partial charge in [-0.1, -0.05) is 12.1 Å². The SMILES string of the molecule is O=[N+]([O-])c1cccn2nc(-c3cccc(F)c3)nc12. The Morgan fingerprint density at radius 1 is 1.26 bits per heavy atom. The third-order valence-corrected chi connectivity index (χ3v) is 2.62. The molecule has 3 aromatic rings. The number of halogens is 1. The van der Waals surface area contributed by atoms with Crippen LogP contribution < -0.4 is 0 Å². The van der Waals surface area contributed by atoms with Gasteiger partial charge < -0.3 is 0 Å². The molecule has 2 aromatic heterocycles. The summed E-state index contributed by atoms with van der Waals surface area (Å²) in [4.78, 5) is 14.4. The van der Waals surface area contributed by atoms with Crippen LogP contribution >= 0.6 is 0 Å². The lowest BCUT2D eigenvalue weighted by molar-refractivity contribution is -0.383. The Kier molecular flexibility index (Phi) is 2.45. The van der Waals surface area contributed by atoms with E-state index in [4.69, 9.17) is 0 Å². The summed E-state index contributed by atoms with van der Waals surface area (Å²) in [6, 6.07) is 8.62. The highest BCUT2D eigenvalue weighted by Crippen LogP contribution is 2.22. The number of aromatic nitrogens is 3. The highest BCUT2D eigenvalue weighted by molar-refractivity contribution is 5.64. The second-order valence-electron chi connectivity index (χ2n) is 3.86. The number of hydrogen-bond acceptors (Lipinski definition) is 4. The van der Waals surface area contributed by atoms with Gasteiger partial charge in [0.15, 0.2) is 5.82 Å². The summed E-state index contributed by atoms with van der Waals surface area (Å²) in [5.41, 5.74) is 0.461. The molecule has 0 unspecified atom stereocenters. The third kappa shape index (κ3) is 1.90. The van der Waals surface area contributed by atoms with Crippen molar-refractivity contribution in [3.63, 3.8) is 0 Å². The van der Waals surface area contributed by atoms with Crippen LogP contribution in [0.1, 0.15) is 0 Å². The van der Waals surface area contributed by atoms with Crippen LogP contribution in [0.4, 0.5) is 10.1 Å². The lowest BCUT2D eigenvalue weighted by Gasteiger charge is -1.93. The van der Waals surface area contributed by atoms with Crippen molar-refractivity contribution in [1.29, 1.82) is 0 Å². The van der Waals surface area contributed by atoms with Gasteiger partial charge in [-0.3, -0.25) is 10.1 Å². The minimum absolute atomic E-state index is 0.131. The van der Waals surface area contributed by atoms with E-state index in [1.54, 1.807) is 12.3 Å². The first-order valence-electron chi connectivity index (χ1n) is 5.41. The maximum atomic E-state index is 13.1. The Bertz CT molecular complexity index is 784. The average Bonchev–Trinajstić information content (AvgIpc) is 2.82. The first kappa shape index (κ1) is 11.3. The molecule has 2 heterocycles. The summed E-state index contributed by atoms with van der Waals surface area (Å²) in [7, 11) is 0. The molecule has 0 spiro atoms. The molecule has 94 valence electrons. The largest absolute Gasteiger partial charge is 0.313 e. The molecule has 0 saturated heterocycles. The molecular weight excluding hydrogens is 251 g/mol. The van der Waals surface area contributed by atoms with Crippen molar-refractivity contribution >= 4 is 11.3 Å². The lowest BCUT2D eigenvalue weighted by atomic mass is 10.2. The van der Waals surface area contributed by atoms with Crippen molar-refractivity contribution in [3.8, 4) is 11.4 Å². The van der Waals surface area contributed by atoms with Gasteiger partial charge in [0.25, 0.3) is 0 Å². The molecule has 0 saturated carbocycles. The number of nitrogens with zero attached hydrogens (tertiary/aromatic N) is 4. The van der Waals surface area contributed by atoms with Crippen LogP contribution in [0.15, 0.2) is 42.6 Å². The lowest BCUT2D eigenvalue weighted by Crippen LogP contribution is -1.93. The van der Waals surface area contributed by atoms with Gasteiger partial charge in [-0.15, -0.1) is 5.10 Å². The van der Waals surface area contributed by atoms with Gasteiger partial charge in [-0.2, -0.15) is 0 Å². The predicted octanol–water partition coefficient (Wildman–Crippen LogP) is 2.44. The first-order chi connectivity index (χ1) is 9.15. The van der Waals surface area contributed by atoms with Crippen LogP contribution in [0.3, 0.4) is 0 Å². The van der Waals surface area contributed by atoms with E-state index in [2.05, 4.69) is 10.1 Å². The topological polar surface area (TPSA) is 73.3 Å². The predicted molar refractivity (Wildman–Crippen MR) is 65.0 cm³/mol. The fraction of sp³-hybridized carbons (Fsp3) is 0. The van der Waals surface area contributed by atoms with E-state index < -0.39 is 10.7 Å². The zero-order valence-corrected chi connectivity index (χ0v) is 9.52. The zero-order chi connectivity index (χ0) is 13.4. The molecule has 0 radical (unpaired) electrons. The Labute approximate surface area is 106 Å². The summed E-state index contributed by atoms with van der Waals surface area (Å²) in [6.07, 6.45) is 1.55. The molecule has 0 N–H and O–H groups in total. The van der Waals surface area contributed by atoms with E-state index in [1.807, 2.05) is 0 Å². The third-order valence-electron chi connectivity index (χ3n) is 2.62. The van der Waals surface area contributed by atoms with Gasteiger partial charge in [0, 0.05) is 17.8 Å². The summed E-state index contributed by atoms with van der Waals surface area (Å²) < 4.78 is 14.4. The number of hydrogen-bond donors (Lipinski definition) is 0. The smallest absolute Gasteiger partial charge is 0.258 e. The summed E-state index contributed by atoms with van der Waals surface area (Å²) in [5, 5.41) is 15.0. The Morgan fingerprint density at radius 2 is 2.11 bits per heavy atom. The number of rotatable bonds is 2. The average molecular weight is 258 g/mol. The van der Waals surface area contributed by atoms with Gasteiger partial charge in [0.05, 0.1) is 4.92 Å².